The van der Waals surface area contributed by atoms with Crippen LogP contribution in [0.5, 0.6) is 23.0 Å². The van der Waals surface area contributed by atoms with E-state index in [1.165, 1.54) is 11.4 Å². The highest BCUT2D eigenvalue weighted by molar-refractivity contribution is 7.89. The topological polar surface area (TPSA) is 132 Å². The van der Waals surface area contributed by atoms with E-state index in [0.29, 0.717) is 41.4 Å². The van der Waals surface area contributed by atoms with E-state index in [2.05, 4.69) is 10.6 Å². The molecule has 6 rings (SSSR count). The number of methoxy groups -OCH3 is 2. The average Bonchev–Trinajstić information content (AvgIpc) is 3.02. The molecule has 2 N–H and O–H groups in total. The minimum Gasteiger partial charge on any atom is -0.496 e. The highest BCUT2D eigenvalue weighted by atomic mass is 32.2. The van der Waals surface area contributed by atoms with Gasteiger partial charge in [0.1, 0.15) is 17.6 Å². The number of carbonyl (C=O) groups is 2. The Morgan fingerprint density at radius 3 is 2.50 bits per heavy atom. The second kappa shape index (κ2) is 13.6. The summed E-state index contributed by atoms with van der Waals surface area (Å²) in [6.45, 7) is 1.90. The van der Waals surface area contributed by atoms with Crippen LogP contribution in [0.2, 0.25) is 0 Å². The maximum absolute atomic E-state index is 13.6. The molecule has 0 aliphatic carbocycles. The molecule has 3 aliphatic rings. The number of ether oxygens (including phenoxy) is 4. The standard InChI is InChI=1S/C32H37N3O8S/c1-21-6-4-5-7-30(21)44(38,39)35-15-14-26-25(19-35)34-32(37)20-42-29-16-22(8-12-27(29)40-2)9-13-31(36)33-18-23-10-11-24(43-26)17-28(23)41-3/h4-8,10-12,16-17,25-26H,9,13-15,18-20H2,1-3H3,(H,33,36)(H,34,37)/t25-,26+/m1/s1. The average molecular weight is 624 g/mol. The van der Waals surface area contributed by atoms with Crippen molar-refractivity contribution in [3.63, 3.8) is 0 Å². The summed E-state index contributed by atoms with van der Waals surface area (Å²) in [5.74, 6) is 1.26. The van der Waals surface area contributed by atoms with Crippen molar-refractivity contribution in [2.75, 3.05) is 33.9 Å². The van der Waals surface area contributed by atoms with Gasteiger partial charge in [0.15, 0.2) is 18.1 Å². The Hall–Kier alpha value is -4.29. The number of rotatable bonds is 4. The van der Waals surface area contributed by atoms with E-state index in [4.69, 9.17) is 18.9 Å². The molecule has 2 atom stereocenters. The van der Waals surface area contributed by atoms with Crippen molar-refractivity contribution in [1.82, 2.24) is 14.9 Å². The molecule has 0 aromatic heterocycles. The molecule has 44 heavy (non-hydrogen) atoms. The SMILES string of the molecule is COc1cc2ccc1CNC(=O)CCc1ccc(OC)c(c1)OCC(=O)N[C@@H]1CN(S(=O)(=O)c3ccccc3C)CC[C@@H]1O2. The summed E-state index contributed by atoms with van der Waals surface area (Å²) in [5.41, 5.74) is 2.26. The molecule has 11 nitrogen and oxygen atoms in total. The number of benzene rings is 3. The molecule has 3 aliphatic heterocycles. The maximum atomic E-state index is 13.6. The fourth-order valence-electron chi connectivity index (χ4n) is 5.42. The highest BCUT2D eigenvalue weighted by Crippen LogP contribution is 2.31. The van der Waals surface area contributed by atoms with Crippen LogP contribution in [0.1, 0.15) is 29.5 Å². The number of sulfonamides is 1. The van der Waals surface area contributed by atoms with Crippen LogP contribution in [0.4, 0.5) is 0 Å². The number of nitrogens with one attached hydrogen (secondary N) is 2. The normalized spacial score (nSPS) is 20.0. The second-order valence-corrected chi connectivity index (χ2v) is 12.7. The molecule has 0 saturated carbocycles. The first kappa shape index (κ1) is 31.1. The van der Waals surface area contributed by atoms with Gasteiger partial charge < -0.3 is 29.6 Å². The zero-order valence-electron chi connectivity index (χ0n) is 25.0. The van der Waals surface area contributed by atoms with Crippen molar-refractivity contribution in [1.29, 1.82) is 0 Å². The number of carbonyl (C=O) groups excluding carboxylic acids is 2. The van der Waals surface area contributed by atoms with Gasteiger partial charge in [-0.15, -0.1) is 0 Å². The molecule has 4 bridgehead atoms. The monoisotopic (exact) mass is 623 g/mol. The predicted octanol–water partition coefficient (Wildman–Crippen LogP) is 2.98. The van der Waals surface area contributed by atoms with Gasteiger partial charge in [0.2, 0.25) is 15.9 Å². The summed E-state index contributed by atoms with van der Waals surface area (Å²) in [5, 5.41) is 5.88. The third-order valence-corrected chi connectivity index (χ3v) is 9.84. The maximum Gasteiger partial charge on any atom is 0.258 e. The van der Waals surface area contributed by atoms with E-state index < -0.39 is 28.1 Å². The van der Waals surface area contributed by atoms with Crippen LogP contribution in [-0.4, -0.2) is 70.6 Å². The fourth-order valence-corrected chi connectivity index (χ4v) is 7.13. The molecule has 0 unspecified atom stereocenters. The summed E-state index contributed by atoms with van der Waals surface area (Å²) in [6.07, 6.45) is 0.489. The van der Waals surface area contributed by atoms with Gasteiger partial charge in [-0.2, -0.15) is 4.31 Å². The Bertz CT molecular complexity index is 1630. The first-order valence-corrected chi connectivity index (χ1v) is 15.9. The van der Waals surface area contributed by atoms with Gasteiger partial charge in [-0.05, 0) is 54.8 Å². The van der Waals surface area contributed by atoms with Crippen molar-refractivity contribution in [3.8, 4) is 23.0 Å². The van der Waals surface area contributed by atoms with E-state index in [1.807, 2.05) is 12.1 Å². The van der Waals surface area contributed by atoms with Crippen LogP contribution in [0.15, 0.2) is 65.6 Å². The molecule has 2 amide bonds. The molecule has 1 saturated heterocycles. The highest BCUT2D eigenvalue weighted by Gasteiger charge is 2.38. The van der Waals surface area contributed by atoms with Crippen LogP contribution in [0.3, 0.4) is 0 Å². The lowest BCUT2D eigenvalue weighted by molar-refractivity contribution is -0.125. The van der Waals surface area contributed by atoms with E-state index in [1.54, 1.807) is 62.6 Å². The zero-order chi connectivity index (χ0) is 31.3. The Labute approximate surface area is 257 Å². The molecular weight excluding hydrogens is 586 g/mol. The molecular formula is C32H37N3O8S. The Balaban J connectivity index is 1.45. The number of piperidine rings is 1. The number of nitrogens with zero attached hydrogens (tertiary/aromatic N) is 1. The number of aryl methyl sites for hydroxylation is 2. The Morgan fingerprint density at radius 2 is 1.73 bits per heavy atom. The molecule has 1 fully saturated rings. The Kier molecular flexibility index (Phi) is 9.60. The van der Waals surface area contributed by atoms with Crippen LogP contribution in [0.25, 0.3) is 0 Å². The third-order valence-electron chi connectivity index (χ3n) is 7.82. The Morgan fingerprint density at radius 1 is 0.932 bits per heavy atom. The number of amides is 2. The zero-order valence-corrected chi connectivity index (χ0v) is 25.8. The van der Waals surface area contributed by atoms with E-state index >= 15 is 0 Å². The van der Waals surface area contributed by atoms with Crippen molar-refractivity contribution in [3.05, 3.63) is 77.4 Å². The molecule has 234 valence electrons. The molecule has 3 aromatic rings. The fraction of sp³-hybridized carbons (Fsp3) is 0.375. The number of hydrogen-bond acceptors (Lipinski definition) is 8. The second-order valence-electron chi connectivity index (χ2n) is 10.8. The first-order chi connectivity index (χ1) is 21.2. The van der Waals surface area contributed by atoms with Crippen LogP contribution in [0, 0.1) is 6.92 Å². The molecule has 12 heteroatoms. The summed E-state index contributed by atoms with van der Waals surface area (Å²) in [7, 11) is -0.782. The molecule has 0 radical (unpaired) electrons. The van der Waals surface area contributed by atoms with Crippen molar-refractivity contribution in [2.45, 2.75) is 49.8 Å². The van der Waals surface area contributed by atoms with Gasteiger partial charge in [-0.1, -0.05) is 24.3 Å². The van der Waals surface area contributed by atoms with Gasteiger partial charge in [-0.25, -0.2) is 8.42 Å². The van der Waals surface area contributed by atoms with Gasteiger partial charge in [0, 0.05) is 44.1 Å². The van der Waals surface area contributed by atoms with Gasteiger partial charge >= 0.3 is 0 Å². The van der Waals surface area contributed by atoms with Crippen LogP contribution < -0.4 is 29.6 Å². The first-order valence-electron chi connectivity index (χ1n) is 14.4. The van der Waals surface area contributed by atoms with E-state index in [9.17, 15) is 18.0 Å². The van der Waals surface area contributed by atoms with Crippen molar-refractivity contribution < 1.29 is 37.0 Å². The smallest absolute Gasteiger partial charge is 0.258 e. The number of fused-ring (bicyclic) bond motifs is 9. The largest absolute Gasteiger partial charge is 0.496 e. The lowest BCUT2D eigenvalue weighted by atomic mass is 10.0. The lowest BCUT2D eigenvalue weighted by Crippen LogP contribution is -2.58. The third kappa shape index (κ3) is 7.08. The van der Waals surface area contributed by atoms with Crippen LogP contribution in [-0.2, 0) is 32.6 Å². The molecule has 0 spiro atoms. The molecule has 3 heterocycles. The van der Waals surface area contributed by atoms with Gasteiger partial charge in [0.25, 0.3) is 5.91 Å². The minimum absolute atomic E-state index is 0.00707. The lowest BCUT2D eigenvalue weighted by Gasteiger charge is -2.38. The predicted molar refractivity (Wildman–Crippen MR) is 163 cm³/mol. The van der Waals surface area contributed by atoms with Crippen molar-refractivity contribution >= 4 is 21.8 Å². The quantitative estimate of drug-likeness (QED) is 0.454. The summed E-state index contributed by atoms with van der Waals surface area (Å²) < 4.78 is 51.9. The van der Waals surface area contributed by atoms with Gasteiger partial charge in [0.05, 0.1) is 25.2 Å². The van der Waals surface area contributed by atoms with E-state index in [-0.39, 0.29) is 43.5 Å². The number of hydrogen-bond donors (Lipinski definition) is 2. The van der Waals surface area contributed by atoms with Gasteiger partial charge in [-0.3, -0.25) is 9.59 Å². The summed E-state index contributed by atoms with van der Waals surface area (Å²) in [6, 6.07) is 16.8. The summed E-state index contributed by atoms with van der Waals surface area (Å²) in [4.78, 5) is 26.1. The van der Waals surface area contributed by atoms with E-state index in [0.717, 1.165) is 11.1 Å². The molecule has 3 aromatic carbocycles. The van der Waals surface area contributed by atoms with Crippen LogP contribution >= 0.6 is 0 Å². The minimum atomic E-state index is -3.83. The van der Waals surface area contributed by atoms with Crippen molar-refractivity contribution in [2.24, 2.45) is 0 Å². The summed E-state index contributed by atoms with van der Waals surface area (Å²) >= 11 is 0.